The Balaban J connectivity index is 2.69. The van der Waals surface area contributed by atoms with Gasteiger partial charge in [-0.25, -0.2) is 0 Å². The molecular formula is C19H31NO3. The average molecular weight is 321 g/mol. The molecule has 1 atom stereocenters. The largest absolute Gasteiger partial charge is 0.490 e. The summed E-state index contributed by atoms with van der Waals surface area (Å²) in [5.41, 5.74) is 0.613. The molecule has 4 nitrogen and oxygen atoms in total. The zero-order valence-electron chi connectivity index (χ0n) is 15.0. The van der Waals surface area contributed by atoms with E-state index in [4.69, 9.17) is 9.47 Å². The first-order chi connectivity index (χ1) is 11.2. The number of ether oxygens (including phenoxy) is 2. The topological polar surface area (TPSA) is 47.6 Å². The molecule has 1 aromatic rings. The Hall–Kier alpha value is -1.71. The first kappa shape index (κ1) is 19.3. The molecule has 0 saturated carbocycles. The summed E-state index contributed by atoms with van der Waals surface area (Å²) in [7, 11) is 0. The summed E-state index contributed by atoms with van der Waals surface area (Å²) < 4.78 is 11.1. The second kappa shape index (κ2) is 10.9. The summed E-state index contributed by atoms with van der Waals surface area (Å²) in [6, 6.07) is 5.35. The van der Waals surface area contributed by atoms with Crippen molar-refractivity contribution in [3.8, 4) is 11.5 Å². The zero-order chi connectivity index (χ0) is 17.1. The minimum absolute atomic E-state index is 0.0519. The normalized spacial score (nSPS) is 11.8. The van der Waals surface area contributed by atoms with E-state index in [0.717, 1.165) is 13.0 Å². The van der Waals surface area contributed by atoms with E-state index in [-0.39, 0.29) is 5.91 Å². The fourth-order valence-corrected chi connectivity index (χ4v) is 2.47. The van der Waals surface area contributed by atoms with E-state index in [2.05, 4.69) is 19.2 Å². The van der Waals surface area contributed by atoms with Gasteiger partial charge in [0.1, 0.15) is 0 Å². The fraction of sp³-hybridized carbons (Fsp3) is 0.632. The Morgan fingerprint density at radius 1 is 1.09 bits per heavy atom. The zero-order valence-corrected chi connectivity index (χ0v) is 15.0. The van der Waals surface area contributed by atoms with E-state index >= 15 is 0 Å². The van der Waals surface area contributed by atoms with Crippen molar-refractivity contribution in [3.05, 3.63) is 23.8 Å². The molecule has 0 aromatic heterocycles. The minimum atomic E-state index is -0.0519. The summed E-state index contributed by atoms with van der Waals surface area (Å²) in [5, 5.41) is 3.04. The van der Waals surface area contributed by atoms with Crippen molar-refractivity contribution in [2.75, 3.05) is 19.8 Å². The molecule has 23 heavy (non-hydrogen) atoms. The van der Waals surface area contributed by atoms with Gasteiger partial charge >= 0.3 is 0 Å². The maximum absolute atomic E-state index is 12.4. The SMILES string of the molecule is CCCC[C@@H](CC)CNC(=O)c1ccc(OCC)c(OCC)c1. The predicted octanol–water partition coefficient (Wildman–Crippen LogP) is 4.43. The first-order valence-corrected chi connectivity index (χ1v) is 8.83. The Morgan fingerprint density at radius 2 is 1.78 bits per heavy atom. The Morgan fingerprint density at radius 3 is 2.39 bits per heavy atom. The van der Waals surface area contributed by atoms with Crippen LogP contribution in [0.5, 0.6) is 11.5 Å². The second-order valence-electron chi connectivity index (χ2n) is 5.65. The van der Waals surface area contributed by atoms with E-state index in [1.54, 1.807) is 18.2 Å². The van der Waals surface area contributed by atoms with Gasteiger partial charge in [0.05, 0.1) is 13.2 Å². The van der Waals surface area contributed by atoms with Gasteiger partial charge in [-0.2, -0.15) is 0 Å². The highest BCUT2D eigenvalue weighted by molar-refractivity contribution is 5.94. The molecule has 1 N–H and O–H groups in total. The highest BCUT2D eigenvalue weighted by Crippen LogP contribution is 2.28. The van der Waals surface area contributed by atoms with Crippen LogP contribution in [-0.4, -0.2) is 25.7 Å². The number of unbranched alkanes of at least 4 members (excludes halogenated alkanes) is 1. The third kappa shape index (κ3) is 6.51. The summed E-state index contributed by atoms with van der Waals surface area (Å²) in [4.78, 5) is 12.4. The van der Waals surface area contributed by atoms with Crippen LogP contribution in [0.2, 0.25) is 0 Å². The van der Waals surface area contributed by atoms with Gasteiger partial charge in [-0.15, -0.1) is 0 Å². The molecule has 0 aliphatic carbocycles. The first-order valence-electron chi connectivity index (χ1n) is 8.83. The van der Waals surface area contributed by atoms with Gasteiger partial charge in [0, 0.05) is 12.1 Å². The van der Waals surface area contributed by atoms with Crippen molar-refractivity contribution in [1.29, 1.82) is 0 Å². The summed E-state index contributed by atoms with van der Waals surface area (Å²) in [6.45, 7) is 10.1. The van der Waals surface area contributed by atoms with Gasteiger partial charge in [0.25, 0.3) is 5.91 Å². The van der Waals surface area contributed by atoms with Crippen LogP contribution in [0.15, 0.2) is 18.2 Å². The molecule has 1 aromatic carbocycles. The number of amides is 1. The van der Waals surface area contributed by atoms with Crippen molar-refractivity contribution in [2.45, 2.75) is 53.4 Å². The molecule has 0 heterocycles. The van der Waals surface area contributed by atoms with E-state index < -0.39 is 0 Å². The lowest BCUT2D eigenvalue weighted by molar-refractivity contribution is 0.0945. The van der Waals surface area contributed by atoms with Crippen molar-refractivity contribution < 1.29 is 14.3 Å². The molecule has 0 fully saturated rings. The van der Waals surface area contributed by atoms with Crippen molar-refractivity contribution in [2.24, 2.45) is 5.92 Å². The van der Waals surface area contributed by atoms with Crippen LogP contribution in [0.1, 0.15) is 63.7 Å². The van der Waals surface area contributed by atoms with E-state index in [9.17, 15) is 4.79 Å². The van der Waals surface area contributed by atoms with Crippen molar-refractivity contribution >= 4 is 5.91 Å². The van der Waals surface area contributed by atoms with Crippen LogP contribution in [0.25, 0.3) is 0 Å². The lowest BCUT2D eigenvalue weighted by Gasteiger charge is -2.16. The Kier molecular flexibility index (Phi) is 9.18. The molecule has 4 heteroatoms. The highest BCUT2D eigenvalue weighted by Gasteiger charge is 2.13. The molecule has 0 spiro atoms. The van der Waals surface area contributed by atoms with Gasteiger partial charge in [-0.1, -0.05) is 33.1 Å². The second-order valence-corrected chi connectivity index (χ2v) is 5.65. The third-order valence-corrected chi connectivity index (χ3v) is 3.90. The summed E-state index contributed by atoms with van der Waals surface area (Å²) in [5.74, 6) is 1.80. The fourth-order valence-electron chi connectivity index (χ4n) is 2.47. The van der Waals surface area contributed by atoms with Gasteiger partial charge in [-0.3, -0.25) is 4.79 Å². The molecule has 0 unspecified atom stereocenters. The number of rotatable bonds is 11. The molecule has 0 bridgehead atoms. The molecule has 1 rings (SSSR count). The monoisotopic (exact) mass is 321 g/mol. The van der Waals surface area contributed by atoms with Crippen LogP contribution < -0.4 is 14.8 Å². The number of carbonyl (C=O) groups excluding carboxylic acids is 1. The third-order valence-electron chi connectivity index (χ3n) is 3.90. The molecule has 130 valence electrons. The molecule has 0 saturated heterocycles. The average Bonchev–Trinajstić information content (AvgIpc) is 2.56. The number of benzene rings is 1. The Bertz CT molecular complexity index is 474. The van der Waals surface area contributed by atoms with Crippen LogP contribution >= 0.6 is 0 Å². The van der Waals surface area contributed by atoms with Crippen LogP contribution in [0, 0.1) is 5.92 Å². The molecule has 0 aliphatic rings. The van der Waals surface area contributed by atoms with E-state index in [1.165, 1.54) is 19.3 Å². The van der Waals surface area contributed by atoms with Gasteiger partial charge in [0.2, 0.25) is 0 Å². The van der Waals surface area contributed by atoms with Crippen LogP contribution in [0.3, 0.4) is 0 Å². The standard InChI is InChI=1S/C19H31NO3/c1-5-9-10-15(6-2)14-20-19(21)16-11-12-17(22-7-3)18(13-16)23-8-4/h11-13,15H,5-10,14H2,1-4H3,(H,20,21)/t15-/m1/s1. The molecule has 0 aliphatic heterocycles. The van der Waals surface area contributed by atoms with Gasteiger partial charge in [0.15, 0.2) is 11.5 Å². The molecule has 0 radical (unpaired) electrons. The molecule has 1 amide bonds. The van der Waals surface area contributed by atoms with Crippen molar-refractivity contribution in [3.63, 3.8) is 0 Å². The number of hydrogen-bond donors (Lipinski definition) is 1. The number of nitrogens with one attached hydrogen (secondary N) is 1. The minimum Gasteiger partial charge on any atom is -0.490 e. The number of hydrogen-bond acceptors (Lipinski definition) is 3. The maximum Gasteiger partial charge on any atom is 0.251 e. The quantitative estimate of drug-likeness (QED) is 0.656. The summed E-state index contributed by atoms with van der Waals surface area (Å²) >= 11 is 0. The molecular weight excluding hydrogens is 290 g/mol. The maximum atomic E-state index is 12.4. The van der Waals surface area contributed by atoms with Crippen molar-refractivity contribution in [1.82, 2.24) is 5.32 Å². The summed E-state index contributed by atoms with van der Waals surface area (Å²) in [6.07, 6.45) is 4.67. The lowest BCUT2D eigenvalue weighted by Crippen LogP contribution is -2.29. The lowest BCUT2D eigenvalue weighted by atomic mass is 9.99. The predicted molar refractivity (Wildman–Crippen MR) is 94.4 cm³/mol. The van der Waals surface area contributed by atoms with Gasteiger partial charge in [-0.05, 0) is 44.4 Å². The van der Waals surface area contributed by atoms with Crippen LogP contribution in [-0.2, 0) is 0 Å². The Labute approximate surface area is 140 Å². The smallest absolute Gasteiger partial charge is 0.251 e. The van der Waals surface area contributed by atoms with Crippen LogP contribution in [0.4, 0.5) is 0 Å². The van der Waals surface area contributed by atoms with Gasteiger partial charge < -0.3 is 14.8 Å². The number of carbonyl (C=O) groups is 1. The highest BCUT2D eigenvalue weighted by atomic mass is 16.5. The van der Waals surface area contributed by atoms with E-state index in [1.807, 2.05) is 13.8 Å². The van der Waals surface area contributed by atoms with E-state index in [0.29, 0.717) is 36.2 Å².